The largest absolute Gasteiger partial charge is 0.388 e. The van der Waals surface area contributed by atoms with Gasteiger partial charge in [0, 0.05) is 56.4 Å². The Morgan fingerprint density at radius 1 is 1.37 bits per heavy atom. The Bertz CT molecular complexity index is 886. The second kappa shape index (κ2) is 8.50. The fourth-order valence-electron chi connectivity index (χ4n) is 2.84. The Hall–Kier alpha value is -3.13. The topological polar surface area (TPSA) is 102 Å². The zero-order chi connectivity index (χ0) is 19.2. The van der Waals surface area contributed by atoms with Crippen LogP contribution >= 0.6 is 0 Å². The molecule has 1 fully saturated rings. The number of hydrogen-bond donors (Lipinski definition) is 4. The van der Waals surface area contributed by atoms with Gasteiger partial charge in [-0.2, -0.15) is 0 Å². The van der Waals surface area contributed by atoms with Crippen LogP contribution in [0, 0.1) is 0 Å². The summed E-state index contributed by atoms with van der Waals surface area (Å²) in [5, 5.41) is 9.25. The number of rotatable bonds is 7. The first-order valence-electron chi connectivity index (χ1n) is 8.84. The summed E-state index contributed by atoms with van der Waals surface area (Å²) in [7, 11) is 3.67. The van der Waals surface area contributed by atoms with Gasteiger partial charge in [-0.1, -0.05) is 6.08 Å². The van der Waals surface area contributed by atoms with Crippen molar-refractivity contribution in [1.29, 1.82) is 0 Å². The molecule has 0 bridgehead atoms. The van der Waals surface area contributed by atoms with Gasteiger partial charge in [0.05, 0.1) is 11.7 Å². The number of likely N-dealkylation sites (N-methyl/N-ethyl adjacent to an activating group) is 1. The van der Waals surface area contributed by atoms with E-state index < -0.39 is 0 Å². The van der Waals surface area contributed by atoms with Crippen LogP contribution in [-0.2, 0) is 4.79 Å². The quantitative estimate of drug-likeness (QED) is 0.541. The first-order chi connectivity index (χ1) is 13.1. The number of amides is 1. The molecule has 0 saturated carbocycles. The number of H-pyrrole nitrogens is 1. The van der Waals surface area contributed by atoms with Crippen molar-refractivity contribution in [2.45, 2.75) is 6.04 Å². The smallest absolute Gasteiger partial charge is 0.271 e. The van der Waals surface area contributed by atoms with Crippen LogP contribution in [0.2, 0.25) is 0 Å². The van der Waals surface area contributed by atoms with Crippen LogP contribution in [-0.4, -0.2) is 60.5 Å². The van der Waals surface area contributed by atoms with E-state index in [0.717, 1.165) is 16.9 Å². The predicted octanol–water partition coefficient (Wildman–Crippen LogP) is 0.877. The number of aromatic amines is 1. The number of nitrogens with one attached hydrogen (secondary N) is 4. The summed E-state index contributed by atoms with van der Waals surface area (Å²) in [6.45, 7) is 1.80. The molecule has 2 aromatic heterocycles. The molecule has 8 heteroatoms. The van der Waals surface area contributed by atoms with Crippen molar-refractivity contribution in [3.63, 3.8) is 0 Å². The first-order valence-corrected chi connectivity index (χ1v) is 8.84. The SMILES string of the molecule is CNCC=CC(=O)N1CC(Nc2cc(-c3cc(NC)ccn3)c[nH]c2=O)C1. The molecule has 1 aliphatic heterocycles. The molecule has 0 unspecified atom stereocenters. The summed E-state index contributed by atoms with van der Waals surface area (Å²) in [4.78, 5) is 32.9. The van der Waals surface area contributed by atoms with Crippen LogP contribution in [0.5, 0.6) is 0 Å². The zero-order valence-electron chi connectivity index (χ0n) is 15.5. The minimum Gasteiger partial charge on any atom is -0.388 e. The summed E-state index contributed by atoms with van der Waals surface area (Å²) in [6.07, 6.45) is 6.74. The average molecular weight is 368 g/mol. The van der Waals surface area contributed by atoms with Gasteiger partial charge < -0.3 is 25.8 Å². The van der Waals surface area contributed by atoms with Gasteiger partial charge in [0.15, 0.2) is 0 Å². The van der Waals surface area contributed by atoms with E-state index in [9.17, 15) is 9.59 Å². The van der Waals surface area contributed by atoms with E-state index in [1.165, 1.54) is 0 Å². The van der Waals surface area contributed by atoms with Crippen LogP contribution < -0.4 is 21.5 Å². The Morgan fingerprint density at radius 2 is 2.19 bits per heavy atom. The fraction of sp³-hybridized carbons (Fsp3) is 0.316. The lowest BCUT2D eigenvalue weighted by molar-refractivity contribution is -0.129. The Labute approximate surface area is 157 Å². The van der Waals surface area contributed by atoms with Crippen LogP contribution in [0.25, 0.3) is 11.3 Å². The van der Waals surface area contributed by atoms with Crippen molar-refractivity contribution in [3.05, 3.63) is 53.1 Å². The molecule has 1 aliphatic rings. The lowest BCUT2D eigenvalue weighted by atomic mass is 10.1. The maximum Gasteiger partial charge on any atom is 0.271 e. The molecular weight excluding hydrogens is 344 g/mol. The summed E-state index contributed by atoms with van der Waals surface area (Å²) in [6, 6.07) is 5.63. The molecule has 27 heavy (non-hydrogen) atoms. The standard InChI is InChI=1S/C19H24N6O2/c1-20-6-3-4-18(26)25-11-15(12-25)24-17-8-13(10-23-19(17)27)16-9-14(21-2)5-7-22-16/h3-5,7-10,15,20,24H,6,11-12H2,1-2H3,(H,21,22)(H,23,27). The molecule has 0 spiro atoms. The minimum atomic E-state index is -0.192. The van der Waals surface area contributed by atoms with Crippen molar-refractivity contribution in [1.82, 2.24) is 20.2 Å². The van der Waals surface area contributed by atoms with Crippen molar-refractivity contribution >= 4 is 17.3 Å². The number of hydrogen-bond acceptors (Lipinski definition) is 6. The van der Waals surface area contributed by atoms with Crippen molar-refractivity contribution < 1.29 is 4.79 Å². The molecule has 0 aliphatic carbocycles. The molecule has 4 N–H and O–H groups in total. The number of carbonyl (C=O) groups excluding carboxylic acids is 1. The minimum absolute atomic E-state index is 0.0148. The predicted molar refractivity (Wildman–Crippen MR) is 107 cm³/mol. The second-order valence-electron chi connectivity index (χ2n) is 6.36. The third-order valence-electron chi connectivity index (χ3n) is 4.38. The third-order valence-corrected chi connectivity index (χ3v) is 4.38. The van der Waals surface area contributed by atoms with Gasteiger partial charge in [0.25, 0.3) is 5.56 Å². The highest BCUT2D eigenvalue weighted by Gasteiger charge is 2.29. The van der Waals surface area contributed by atoms with Gasteiger partial charge in [-0.3, -0.25) is 14.6 Å². The highest BCUT2D eigenvalue weighted by molar-refractivity contribution is 5.88. The molecule has 3 heterocycles. The first kappa shape index (κ1) is 18.7. The fourth-order valence-corrected chi connectivity index (χ4v) is 2.84. The van der Waals surface area contributed by atoms with Crippen molar-refractivity contribution in [2.75, 3.05) is 44.4 Å². The molecule has 0 atom stereocenters. The zero-order valence-corrected chi connectivity index (χ0v) is 15.5. The van der Waals surface area contributed by atoms with Gasteiger partial charge in [-0.05, 0) is 25.2 Å². The number of aromatic nitrogens is 2. The van der Waals surface area contributed by atoms with Gasteiger partial charge in [-0.25, -0.2) is 0 Å². The molecular formula is C19H24N6O2. The molecule has 0 aromatic carbocycles. The van der Waals surface area contributed by atoms with E-state index in [0.29, 0.717) is 25.3 Å². The van der Waals surface area contributed by atoms with Crippen LogP contribution in [0.3, 0.4) is 0 Å². The number of anilines is 2. The Balaban J connectivity index is 1.65. The molecule has 1 amide bonds. The normalized spacial score (nSPS) is 14.2. The van der Waals surface area contributed by atoms with E-state index in [2.05, 4.69) is 25.9 Å². The summed E-state index contributed by atoms with van der Waals surface area (Å²) >= 11 is 0. The highest BCUT2D eigenvalue weighted by Crippen LogP contribution is 2.21. The monoisotopic (exact) mass is 368 g/mol. The van der Waals surface area contributed by atoms with Crippen LogP contribution in [0.15, 0.2) is 47.5 Å². The molecule has 1 saturated heterocycles. The Kier molecular flexibility index (Phi) is 5.87. The van der Waals surface area contributed by atoms with Crippen LogP contribution in [0.1, 0.15) is 0 Å². The summed E-state index contributed by atoms with van der Waals surface area (Å²) in [5.41, 5.74) is 2.81. The number of nitrogens with zero attached hydrogens (tertiary/aromatic N) is 2. The summed E-state index contributed by atoms with van der Waals surface area (Å²) < 4.78 is 0. The number of carbonyl (C=O) groups is 1. The van der Waals surface area contributed by atoms with E-state index in [1.54, 1.807) is 35.5 Å². The van der Waals surface area contributed by atoms with Gasteiger partial charge >= 0.3 is 0 Å². The lowest BCUT2D eigenvalue weighted by Crippen LogP contribution is -2.57. The number of pyridine rings is 2. The van der Waals surface area contributed by atoms with E-state index in [4.69, 9.17) is 0 Å². The average Bonchev–Trinajstić information content (AvgIpc) is 2.65. The molecule has 142 valence electrons. The summed E-state index contributed by atoms with van der Waals surface area (Å²) in [5.74, 6) is -0.0148. The molecule has 2 aromatic rings. The number of likely N-dealkylation sites (tertiary alicyclic amines) is 1. The lowest BCUT2D eigenvalue weighted by Gasteiger charge is -2.39. The van der Waals surface area contributed by atoms with E-state index >= 15 is 0 Å². The highest BCUT2D eigenvalue weighted by atomic mass is 16.2. The third kappa shape index (κ3) is 4.53. The van der Waals surface area contributed by atoms with E-state index in [-0.39, 0.29) is 17.5 Å². The maximum absolute atomic E-state index is 12.1. The van der Waals surface area contributed by atoms with Crippen molar-refractivity contribution in [2.24, 2.45) is 0 Å². The van der Waals surface area contributed by atoms with Crippen molar-refractivity contribution in [3.8, 4) is 11.3 Å². The van der Waals surface area contributed by atoms with E-state index in [1.807, 2.05) is 26.2 Å². The molecule has 3 rings (SSSR count). The van der Waals surface area contributed by atoms with Crippen LogP contribution in [0.4, 0.5) is 11.4 Å². The maximum atomic E-state index is 12.1. The second-order valence-corrected chi connectivity index (χ2v) is 6.36. The molecule has 0 radical (unpaired) electrons. The van der Waals surface area contributed by atoms with Gasteiger partial charge in [-0.15, -0.1) is 0 Å². The van der Waals surface area contributed by atoms with Gasteiger partial charge in [0.2, 0.25) is 5.91 Å². The van der Waals surface area contributed by atoms with Gasteiger partial charge in [0.1, 0.15) is 5.69 Å². The molecule has 8 nitrogen and oxygen atoms in total. The Morgan fingerprint density at radius 3 is 2.93 bits per heavy atom.